The average Bonchev–Trinajstić information content (AvgIpc) is 2.67. The van der Waals surface area contributed by atoms with Gasteiger partial charge in [-0.2, -0.15) is 0 Å². The molecule has 116 valence electrons. The molecule has 3 nitrogen and oxygen atoms in total. The highest BCUT2D eigenvalue weighted by Gasteiger charge is 2.19. The highest BCUT2D eigenvalue weighted by Crippen LogP contribution is 2.27. The van der Waals surface area contributed by atoms with Crippen LogP contribution in [0.1, 0.15) is 71.1 Å². The quantitative estimate of drug-likeness (QED) is 0.759. The first kappa shape index (κ1) is 15.8. The molecule has 2 N–H and O–H groups in total. The molecule has 20 heavy (non-hydrogen) atoms. The summed E-state index contributed by atoms with van der Waals surface area (Å²) in [5.74, 6) is 1.85. The molecule has 2 saturated carbocycles. The molecule has 2 atom stereocenters. The molecular formula is C17H32N2O. The molecule has 2 aliphatic carbocycles. The maximum absolute atomic E-state index is 12.0. The lowest BCUT2D eigenvalue weighted by Crippen LogP contribution is -2.41. The topological polar surface area (TPSA) is 41.1 Å². The summed E-state index contributed by atoms with van der Waals surface area (Å²) in [5.41, 5.74) is 0. The summed E-state index contributed by atoms with van der Waals surface area (Å²) in [6.07, 6.45) is 13.0. The van der Waals surface area contributed by atoms with Gasteiger partial charge in [0.1, 0.15) is 0 Å². The molecule has 2 unspecified atom stereocenters. The van der Waals surface area contributed by atoms with Crippen molar-refractivity contribution in [3.05, 3.63) is 0 Å². The molecule has 0 aromatic heterocycles. The van der Waals surface area contributed by atoms with Crippen molar-refractivity contribution in [3.8, 4) is 0 Å². The fraction of sp³-hybridized carbons (Fsp3) is 0.941. The average molecular weight is 280 g/mol. The molecule has 0 bridgehead atoms. The van der Waals surface area contributed by atoms with Crippen LogP contribution >= 0.6 is 0 Å². The van der Waals surface area contributed by atoms with E-state index in [1.165, 1.54) is 64.2 Å². The number of nitrogens with one attached hydrogen (secondary N) is 2. The van der Waals surface area contributed by atoms with Crippen LogP contribution in [0, 0.1) is 11.8 Å². The van der Waals surface area contributed by atoms with Crippen molar-refractivity contribution in [2.24, 2.45) is 11.8 Å². The van der Waals surface area contributed by atoms with Gasteiger partial charge in [0.15, 0.2) is 0 Å². The number of carbonyl (C=O) groups excluding carboxylic acids is 1. The van der Waals surface area contributed by atoms with E-state index in [9.17, 15) is 4.79 Å². The summed E-state index contributed by atoms with van der Waals surface area (Å²) in [7, 11) is 0. The lowest BCUT2D eigenvalue weighted by Gasteiger charge is -2.26. The molecular weight excluding hydrogens is 248 g/mol. The van der Waals surface area contributed by atoms with Crippen molar-refractivity contribution in [2.45, 2.75) is 77.2 Å². The van der Waals surface area contributed by atoms with Gasteiger partial charge in [-0.1, -0.05) is 45.4 Å². The minimum Gasteiger partial charge on any atom is -0.352 e. The Morgan fingerprint density at radius 3 is 2.45 bits per heavy atom. The maximum Gasteiger partial charge on any atom is 0.234 e. The van der Waals surface area contributed by atoms with E-state index in [1.807, 2.05) is 0 Å². The van der Waals surface area contributed by atoms with Crippen LogP contribution in [0.25, 0.3) is 0 Å². The van der Waals surface area contributed by atoms with Gasteiger partial charge in [-0.05, 0) is 44.1 Å². The molecule has 1 amide bonds. The first-order valence-electron chi connectivity index (χ1n) is 8.74. The zero-order valence-corrected chi connectivity index (χ0v) is 13.1. The van der Waals surface area contributed by atoms with E-state index in [1.54, 1.807) is 0 Å². The summed E-state index contributed by atoms with van der Waals surface area (Å²) in [4.78, 5) is 12.0. The minimum absolute atomic E-state index is 0.195. The molecule has 0 saturated heterocycles. The van der Waals surface area contributed by atoms with E-state index in [-0.39, 0.29) is 5.91 Å². The van der Waals surface area contributed by atoms with Crippen LogP contribution in [0.5, 0.6) is 0 Å². The van der Waals surface area contributed by atoms with Crippen LogP contribution in [0.2, 0.25) is 0 Å². The number of carbonyl (C=O) groups is 1. The fourth-order valence-corrected chi connectivity index (χ4v) is 3.84. The van der Waals surface area contributed by atoms with Crippen molar-refractivity contribution in [1.29, 1.82) is 0 Å². The van der Waals surface area contributed by atoms with E-state index in [0.717, 1.165) is 18.4 Å². The van der Waals surface area contributed by atoms with Crippen molar-refractivity contribution in [2.75, 3.05) is 13.1 Å². The van der Waals surface area contributed by atoms with Gasteiger partial charge in [0, 0.05) is 6.04 Å². The van der Waals surface area contributed by atoms with Gasteiger partial charge in [-0.15, -0.1) is 0 Å². The van der Waals surface area contributed by atoms with Gasteiger partial charge >= 0.3 is 0 Å². The van der Waals surface area contributed by atoms with Crippen molar-refractivity contribution in [1.82, 2.24) is 10.6 Å². The third-order valence-corrected chi connectivity index (χ3v) is 4.98. The first-order chi connectivity index (χ1) is 9.74. The van der Waals surface area contributed by atoms with E-state index in [4.69, 9.17) is 0 Å². The Bertz CT molecular complexity index is 285. The second-order valence-corrected chi connectivity index (χ2v) is 7.02. The predicted octanol–water partition coefficient (Wildman–Crippen LogP) is 3.24. The normalized spacial score (nSPS) is 28.9. The van der Waals surface area contributed by atoms with Gasteiger partial charge in [0.25, 0.3) is 0 Å². The van der Waals surface area contributed by atoms with Crippen LogP contribution in [0.15, 0.2) is 0 Å². The molecule has 2 rings (SSSR count). The minimum atomic E-state index is 0.195. The highest BCUT2D eigenvalue weighted by molar-refractivity contribution is 5.78. The SMILES string of the molecule is CC1CCCC(CNCC(=O)NC2CCCCCC2)C1. The Kier molecular flexibility index (Phi) is 6.85. The van der Waals surface area contributed by atoms with Crippen LogP contribution < -0.4 is 10.6 Å². The smallest absolute Gasteiger partial charge is 0.234 e. The number of hydrogen-bond donors (Lipinski definition) is 2. The number of amides is 1. The molecule has 0 spiro atoms. The Morgan fingerprint density at radius 1 is 1.00 bits per heavy atom. The van der Waals surface area contributed by atoms with Gasteiger partial charge < -0.3 is 10.6 Å². The molecule has 0 aromatic rings. The Morgan fingerprint density at radius 2 is 1.75 bits per heavy atom. The Balaban J connectivity index is 1.57. The predicted molar refractivity (Wildman–Crippen MR) is 83.6 cm³/mol. The molecule has 2 aliphatic rings. The van der Waals surface area contributed by atoms with Gasteiger partial charge in [-0.25, -0.2) is 0 Å². The lowest BCUT2D eigenvalue weighted by molar-refractivity contribution is -0.121. The number of rotatable bonds is 5. The zero-order valence-electron chi connectivity index (χ0n) is 13.1. The van der Waals surface area contributed by atoms with Gasteiger partial charge in [0.2, 0.25) is 5.91 Å². The monoisotopic (exact) mass is 280 g/mol. The summed E-state index contributed by atoms with van der Waals surface area (Å²) < 4.78 is 0. The largest absolute Gasteiger partial charge is 0.352 e. The summed E-state index contributed by atoms with van der Waals surface area (Å²) in [5, 5.41) is 6.57. The van der Waals surface area contributed by atoms with Crippen LogP contribution in [0.3, 0.4) is 0 Å². The molecule has 0 heterocycles. The maximum atomic E-state index is 12.0. The standard InChI is InChI=1S/C17H32N2O/c1-14-7-6-8-15(11-14)12-18-13-17(20)19-16-9-4-2-3-5-10-16/h14-16,18H,2-13H2,1H3,(H,19,20). The van der Waals surface area contributed by atoms with Crippen molar-refractivity contribution >= 4 is 5.91 Å². The first-order valence-corrected chi connectivity index (χ1v) is 8.74. The summed E-state index contributed by atoms with van der Waals surface area (Å²) in [6.45, 7) is 3.87. The fourth-order valence-electron chi connectivity index (χ4n) is 3.84. The third-order valence-electron chi connectivity index (χ3n) is 4.98. The third kappa shape index (κ3) is 5.82. The van der Waals surface area contributed by atoms with Gasteiger partial charge in [-0.3, -0.25) is 4.79 Å². The molecule has 0 aromatic carbocycles. The second kappa shape index (κ2) is 8.66. The molecule has 0 radical (unpaired) electrons. The van der Waals surface area contributed by atoms with Gasteiger partial charge in [0.05, 0.1) is 6.54 Å². The van der Waals surface area contributed by atoms with E-state index >= 15 is 0 Å². The molecule has 2 fully saturated rings. The van der Waals surface area contributed by atoms with Crippen LogP contribution in [-0.4, -0.2) is 25.0 Å². The van der Waals surface area contributed by atoms with E-state index < -0.39 is 0 Å². The molecule has 0 aliphatic heterocycles. The van der Waals surface area contributed by atoms with Crippen LogP contribution in [0.4, 0.5) is 0 Å². The van der Waals surface area contributed by atoms with Crippen LogP contribution in [-0.2, 0) is 4.79 Å². The van der Waals surface area contributed by atoms with Crippen molar-refractivity contribution in [3.63, 3.8) is 0 Å². The van der Waals surface area contributed by atoms with E-state index in [2.05, 4.69) is 17.6 Å². The zero-order chi connectivity index (χ0) is 14.2. The Labute approximate surface area is 124 Å². The van der Waals surface area contributed by atoms with Crippen molar-refractivity contribution < 1.29 is 4.79 Å². The number of hydrogen-bond acceptors (Lipinski definition) is 2. The Hall–Kier alpha value is -0.570. The lowest BCUT2D eigenvalue weighted by atomic mass is 9.82. The second-order valence-electron chi connectivity index (χ2n) is 7.02. The highest BCUT2D eigenvalue weighted by atomic mass is 16.1. The summed E-state index contributed by atoms with van der Waals surface area (Å²) in [6, 6.07) is 0.432. The summed E-state index contributed by atoms with van der Waals surface area (Å²) >= 11 is 0. The van der Waals surface area contributed by atoms with E-state index in [0.29, 0.717) is 12.6 Å². The molecule has 3 heteroatoms.